The van der Waals surface area contributed by atoms with Crippen LogP contribution in [0.25, 0.3) is 5.69 Å². The van der Waals surface area contributed by atoms with Crippen LogP contribution in [0.4, 0.5) is 4.39 Å². The molecule has 3 aromatic carbocycles. The lowest BCUT2D eigenvalue weighted by Crippen LogP contribution is -2.30. The molecule has 11 heteroatoms. The number of rotatable bonds is 7. The second-order valence-corrected chi connectivity index (χ2v) is 9.67. The van der Waals surface area contributed by atoms with Crippen LogP contribution >= 0.6 is 23.2 Å². The highest BCUT2D eigenvalue weighted by Gasteiger charge is 2.26. The summed E-state index contributed by atoms with van der Waals surface area (Å²) in [5.74, 6) is -0.582. The number of sulfonamides is 1. The molecule has 0 amide bonds. The van der Waals surface area contributed by atoms with Crippen molar-refractivity contribution in [3.8, 4) is 5.69 Å². The van der Waals surface area contributed by atoms with E-state index < -0.39 is 15.8 Å². The van der Waals surface area contributed by atoms with Crippen molar-refractivity contribution < 1.29 is 12.8 Å². The van der Waals surface area contributed by atoms with Crippen LogP contribution in [-0.2, 0) is 23.1 Å². The summed E-state index contributed by atoms with van der Waals surface area (Å²) in [6.45, 7) is -0.168. The van der Waals surface area contributed by atoms with E-state index in [0.29, 0.717) is 16.3 Å². The molecule has 4 rings (SSSR count). The molecule has 164 valence electrons. The Morgan fingerprint density at radius 2 is 1.59 bits per heavy atom. The quantitative estimate of drug-likeness (QED) is 0.380. The van der Waals surface area contributed by atoms with Crippen molar-refractivity contribution in [1.82, 2.24) is 24.5 Å². The van der Waals surface area contributed by atoms with Gasteiger partial charge in [-0.3, -0.25) is 0 Å². The lowest BCUT2D eigenvalue weighted by atomic mass is 10.2. The highest BCUT2D eigenvalue weighted by molar-refractivity contribution is 7.89. The number of benzene rings is 3. The molecule has 0 aliphatic heterocycles. The molecule has 0 saturated carbocycles. The predicted molar refractivity (Wildman–Crippen MR) is 118 cm³/mol. The van der Waals surface area contributed by atoms with Crippen molar-refractivity contribution in [3.63, 3.8) is 0 Å². The molecule has 0 N–H and O–H groups in total. The van der Waals surface area contributed by atoms with Gasteiger partial charge in [-0.05, 0) is 59.3 Å². The van der Waals surface area contributed by atoms with E-state index in [-0.39, 0.29) is 28.6 Å². The van der Waals surface area contributed by atoms with Crippen LogP contribution in [0.15, 0.2) is 78.0 Å². The van der Waals surface area contributed by atoms with Crippen LogP contribution in [0.3, 0.4) is 0 Å². The molecule has 1 heterocycles. The third-order valence-electron chi connectivity index (χ3n) is 4.69. The maximum atomic E-state index is 14.5. The minimum atomic E-state index is -3.96. The minimum Gasteiger partial charge on any atom is -0.207 e. The van der Waals surface area contributed by atoms with Gasteiger partial charge in [0, 0.05) is 28.7 Å². The molecule has 0 aliphatic rings. The van der Waals surface area contributed by atoms with Gasteiger partial charge in [0.2, 0.25) is 10.0 Å². The van der Waals surface area contributed by atoms with Gasteiger partial charge in [0.1, 0.15) is 5.82 Å². The van der Waals surface area contributed by atoms with E-state index in [1.807, 2.05) is 0 Å². The molecular weight excluding hydrogens is 476 g/mol. The maximum Gasteiger partial charge on any atom is 0.243 e. The molecular formula is C21H16Cl2FN5O2S. The predicted octanol–water partition coefficient (Wildman–Crippen LogP) is 4.50. The molecule has 0 saturated heterocycles. The van der Waals surface area contributed by atoms with Gasteiger partial charge in [-0.15, -0.1) is 15.0 Å². The van der Waals surface area contributed by atoms with E-state index >= 15 is 0 Å². The number of tetrazole rings is 1. The average molecular weight is 492 g/mol. The van der Waals surface area contributed by atoms with Gasteiger partial charge in [0.15, 0.2) is 6.33 Å². The second kappa shape index (κ2) is 9.33. The molecule has 0 aliphatic carbocycles. The Morgan fingerprint density at radius 3 is 2.22 bits per heavy atom. The fraction of sp³-hybridized carbons (Fsp3) is 0.0952. The number of aromatic nitrogens is 4. The summed E-state index contributed by atoms with van der Waals surface area (Å²) in [6, 6.07) is 17.0. The van der Waals surface area contributed by atoms with Crippen LogP contribution in [-0.4, -0.2) is 32.9 Å². The minimum absolute atomic E-state index is 0.0120. The van der Waals surface area contributed by atoms with Crippen LogP contribution in [0.2, 0.25) is 10.0 Å². The molecule has 7 nitrogen and oxygen atoms in total. The summed E-state index contributed by atoms with van der Waals surface area (Å²) < 4.78 is 42.4. The fourth-order valence-corrected chi connectivity index (χ4v) is 4.74. The van der Waals surface area contributed by atoms with Crippen molar-refractivity contribution in [2.45, 2.75) is 18.0 Å². The number of nitrogens with zero attached hydrogens (tertiary/aromatic N) is 5. The summed E-state index contributed by atoms with van der Waals surface area (Å²) in [7, 11) is -3.96. The number of hydrogen-bond donors (Lipinski definition) is 0. The normalized spacial score (nSPS) is 11.8. The van der Waals surface area contributed by atoms with E-state index in [4.69, 9.17) is 23.2 Å². The summed E-state index contributed by atoms with van der Waals surface area (Å²) in [4.78, 5) is 1.40. The first-order valence-corrected chi connectivity index (χ1v) is 11.5. The third kappa shape index (κ3) is 4.97. The van der Waals surface area contributed by atoms with E-state index in [0.717, 1.165) is 6.07 Å². The Morgan fingerprint density at radius 1 is 0.906 bits per heavy atom. The summed E-state index contributed by atoms with van der Waals surface area (Å²) >= 11 is 11.7. The van der Waals surface area contributed by atoms with Gasteiger partial charge in [0.05, 0.1) is 10.6 Å². The standard InChI is InChI=1S/C21H16Cl2FN5O2S/c22-17-5-9-20(10-6-17)32(30,31)28(13-16-3-4-18(23)11-21(16)24)12-15-1-7-19(8-2-15)29-26-14-25-27-29/h1-11,14H,12-13H2. The zero-order chi connectivity index (χ0) is 22.7. The Bertz CT molecular complexity index is 1320. The van der Waals surface area contributed by atoms with E-state index in [1.165, 1.54) is 51.8 Å². The first-order chi connectivity index (χ1) is 15.3. The van der Waals surface area contributed by atoms with Crippen molar-refractivity contribution in [1.29, 1.82) is 0 Å². The summed E-state index contributed by atoms with van der Waals surface area (Å²) in [5.41, 5.74) is 1.57. The Balaban J connectivity index is 1.67. The van der Waals surface area contributed by atoms with Crippen molar-refractivity contribution in [2.24, 2.45) is 0 Å². The first-order valence-electron chi connectivity index (χ1n) is 9.35. The van der Waals surface area contributed by atoms with Gasteiger partial charge in [-0.2, -0.15) is 4.31 Å². The Kier molecular flexibility index (Phi) is 6.52. The molecule has 4 aromatic rings. The Labute approximate surface area is 194 Å². The molecule has 0 fully saturated rings. The molecule has 0 bridgehead atoms. The molecule has 0 atom stereocenters. The number of halogens is 3. The molecule has 0 unspecified atom stereocenters. The van der Waals surface area contributed by atoms with Gasteiger partial charge in [-0.25, -0.2) is 12.8 Å². The van der Waals surface area contributed by atoms with E-state index in [2.05, 4.69) is 15.4 Å². The highest BCUT2D eigenvalue weighted by atomic mass is 35.5. The smallest absolute Gasteiger partial charge is 0.207 e. The fourth-order valence-electron chi connectivity index (χ4n) is 3.05. The third-order valence-corrected chi connectivity index (χ3v) is 6.98. The monoisotopic (exact) mass is 491 g/mol. The topological polar surface area (TPSA) is 81.0 Å². The first kappa shape index (κ1) is 22.3. The summed E-state index contributed by atoms with van der Waals surface area (Å²) in [5, 5.41) is 12.1. The summed E-state index contributed by atoms with van der Waals surface area (Å²) in [6.07, 6.45) is 1.31. The van der Waals surface area contributed by atoms with Crippen LogP contribution in [0.5, 0.6) is 0 Å². The molecule has 0 radical (unpaired) electrons. The number of hydrogen-bond acceptors (Lipinski definition) is 5. The van der Waals surface area contributed by atoms with Crippen LogP contribution < -0.4 is 0 Å². The Hall–Kier alpha value is -2.85. The zero-order valence-electron chi connectivity index (χ0n) is 16.4. The van der Waals surface area contributed by atoms with E-state index in [1.54, 1.807) is 24.3 Å². The van der Waals surface area contributed by atoms with Crippen LogP contribution in [0.1, 0.15) is 11.1 Å². The highest BCUT2D eigenvalue weighted by Crippen LogP contribution is 2.25. The van der Waals surface area contributed by atoms with E-state index in [9.17, 15) is 12.8 Å². The van der Waals surface area contributed by atoms with Crippen molar-refractivity contribution >= 4 is 33.2 Å². The maximum absolute atomic E-state index is 14.5. The SMILES string of the molecule is O=S(=O)(c1ccc(Cl)cc1)N(Cc1ccc(-n2ncnn2)cc1)Cc1ccc(Cl)cc1F. The lowest BCUT2D eigenvalue weighted by molar-refractivity contribution is 0.394. The van der Waals surface area contributed by atoms with Crippen molar-refractivity contribution in [3.05, 3.63) is 100 Å². The average Bonchev–Trinajstić information content (AvgIpc) is 3.31. The lowest BCUT2D eigenvalue weighted by Gasteiger charge is -2.23. The molecule has 32 heavy (non-hydrogen) atoms. The largest absolute Gasteiger partial charge is 0.243 e. The zero-order valence-corrected chi connectivity index (χ0v) is 18.8. The van der Waals surface area contributed by atoms with Crippen molar-refractivity contribution in [2.75, 3.05) is 0 Å². The van der Waals surface area contributed by atoms with Gasteiger partial charge < -0.3 is 0 Å². The van der Waals surface area contributed by atoms with Gasteiger partial charge in [0.25, 0.3) is 0 Å². The van der Waals surface area contributed by atoms with Gasteiger partial charge >= 0.3 is 0 Å². The van der Waals surface area contributed by atoms with Crippen LogP contribution in [0, 0.1) is 5.82 Å². The molecule has 0 spiro atoms. The molecule has 1 aromatic heterocycles. The second-order valence-electron chi connectivity index (χ2n) is 6.85. The van der Waals surface area contributed by atoms with Gasteiger partial charge in [-0.1, -0.05) is 41.4 Å².